The van der Waals surface area contributed by atoms with Gasteiger partial charge in [0.1, 0.15) is 0 Å². The Morgan fingerprint density at radius 2 is 0.913 bits per heavy atom. The van der Waals surface area contributed by atoms with Crippen LogP contribution in [0.15, 0.2) is 0 Å². The van der Waals surface area contributed by atoms with E-state index in [0.717, 1.165) is 6.42 Å². The van der Waals surface area contributed by atoms with Crippen LogP contribution in [0.1, 0.15) is 110 Å². The molecule has 0 aromatic heterocycles. The SMILES string of the molecule is CCCCCCCCCCCCCCCCCC(N)=O.COC. The molecule has 0 aliphatic heterocycles. The van der Waals surface area contributed by atoms with E-state index in [1.54, 1.807) is 14.2 Å². The molecular formula is C20H43NO2. The Labute approximate surface area is 145 Å². The normalized spacial score (nSPS) is 10.2. The number of carbonyl (C=O) groups excluding carboxylic acids is 1. The minimum atomic E-state index is -0.153. The van der Waals surface area contributed by atoms with E-state index in [1.807, 2.05) is 0 Å². The summed E-state index contributed by atoms with van der Waals surface area (Å²) in [5.74, 6) is -0.153. The van der Waals surface area contributed by atoms with Gasteiger partial charge in [-0.15, -0.1) is 0 Å². The lowest BCUT2D eigenvalue weighted by molar-refractivity contribution is -0.118. The summed E-state index contributed by atoms with van der Waals surface area (Å²) in [6, 6.07) is 0. The average molecular weight is 330 g/mol. The van der Waals surface area contributed by atoms with Gasteiger partial charge in [-0.05, 0) is 6.42 Å². The third-order valence-corrected chi connectivity index (χ3v) is 4.03. The molecule has 0 aromatic carbocycles. The fraction of sp³-hybridized carbons (Fsp3) is 0.950. The van der Waals surface area contributed by atoms with Crippen molar-refractivity contribution < 1.29 is 9.53 Å². The van der Waals surface area contributed by atoms with Crippen molar-refractivity contribution >= 4 is 5.91 Å². The van der Waals surface area contributed by atoms with Gasteiger partial charge in [-0.2, -0.15) is 0 Å². The predicted molar refractivity (Wildman–Crippen MR) is 102 cm³/mol. The van der Waals surface area contributed by atoms with Crippen molar-refractivity contribution in [3.05, 3.63) is 0 Å². The van der Waals surface area contributed by atoms with E-state index >= 15 is 0 Å². The van der Waals surface area contributed by atoms with Crippen molar-refractivity contribution in [3.8, 4) is 0 Å². The summed E-state index contributed by atoms with van der Waals surface area (Å²) in [7, 11) is 3.25. The third-order valence-electron chi connectivity index (χ3n) is 4.03. The Hall–Kier alpha value is -0.570. The standard InChI is InChI=1S/C18H37NO.C2H6O/c1-2-3-4-5-6-7-8-9-10-11-12-13-14-15-16-17-18(19)20;1-3-2/h2-17H2,1H3,(H2,19,20);1-2H3. The van der Waals surface area contributed by atoms with Gasteiger partial charge in [0.15, 0.2) is 0 Å². The smallest absolute Gasteiger partial charge is 0.217 e. The molecule has 0 aliphatic rings. The van der Waals surface area contributed by atoms with E-state index in [1.165, 1.54) is 89.9 Å². The topological polar surface area (TPSA) is 52.3 Å². The van der Waals surface area contributed by atoms with Gasteiger partial charge in [0.2, 0.25) is 5.91 Å². The maximum Gasteiger partial charge on any atom is 0.217 e. The van der Waals surface area contributed by atoms with Crippen LogP contribution in [0.25, 0.3) is 0 Å². The quantitative estimate of drug-likeness (QED) is 0.353. The summed E-state index contributed by atoms with van der Waals surface area (Å²) in [6.45, 7) is 2.28. The summed E-state index contributed by atoms with van der Waals surface area (Å²) in [5, 5.41) is 0. The fourth-order valence-corrected chi connectivity index (χ4v) is 2.67. The van der Waals surface area contributed by atoms with Gasteiger partial charge in [0.25, 0.3) is 0 Å². The van der Waals surface area contributed by atoms with E-state index in [2.05, 4.69) is 11.7 Å². The molecule has 140 valence electrons. The first kappa shape index (κ1) is 24.7. The number of methoxy groups -OCH3 is 1. The number of unbranched alkanes of at least 4 members (excludes halogenated alkanes) is 14. The number of primary amides is 1. The van der Waals surface area contributed by atoms with Crippen LogP contribution in [0.3, 0.4) is 0 Å². The lowest BCUT2D eigenvalue weighted by atomic mass is 10.0. The average Bonchev–Trinajstić information content (AvgIpc) is 2.51. The van der Waals surface area contributed by atoms with Gasteiger partial charge in [0.05, 0.1) is 0 Å². The lowest BCUT2D eigenvalue weighted by Gasteiger charge is -2.03. The highest BCUT2D eigenvalue weighted by Gasteiger charge is 1.96. The number of nitrogens with two attached hydrogens (primary N) is 1. The van der Waals surface area contributed by atoms with Crippen molar-refractivity contribution in [3.63, 3.8) is 0 Å². The van der Waals surface area contributed by atoms with Crippen molar-refractivity contribution in [1.82, 2.24) is 0 Å². The zero-order valence-corrected chi connectivity index (χ0v) is 16.2. The Kier molecular flexibility index (Phi) is 25.4. The van der Waals surface area contributed by atoms with Gasteiger partial charge in [-0.1, -0.05) is 96.8 Å². The Morgan fingerprint density at radius 1 is 0.652 bits per heavy atom. The molecule has 3 heteroatoms. The monoisotopic (exact) mass is 329 g/mol. The summed E-state index contributed by atoms with van der Waals surface area (Å²) >= 11 is 0. The number of hydrogen-bond donors (Lipinski definition) is 1. The Morgan fingerprint density at radius 3 is 1.17 bits per heavy atom. The first-order valence-electron chi connectivity index (χ1n) is 9.87. The molecule has 0 bridgehead atoms. The highest BCUT2D eigenvalue weighted by molar-refractivity contribution is 5.73. The van der Waals surface area contributed by atoms with Crippen LogP contribution in [0, 0.1) is 0 Å². The van der Waals surface area contributed by atoms with Crippen LogP contribution >= 0.6 is 0 Å². The molecule has 3 nitrogen and oxygen atoms in total. The summed E-state index contributed by atoms with van der Waals surface area (Å²) < 4.78 is 4.25. The molecule has 0 atom stereocenters. The minimum Gasteiger partial charge on any atom is -0.388 e. The van der Waals surface area contributed by atoms with Crippen molar-refractivity contribution in [2.24, 2.45) is 5.73 Å². The molecule has 0 rings (SSSR count). The molecule has 0 saturated carbocycles. The maximum atomic E-state index is 10.6. The predicted octanol–water partition coefficient (Wildman–Crippen LogP) is 6.00. The molecular weight excluding hydrogens is 286 g/mol. The Balaban J connectivity index is 0. The van der Waals surface area contributed by atoms with Crippen LogP contribution in [0.4, 0.5) is 0 Å². The summed E-state index contributed by atoms with van der Waals surface area (Å²) in [4.78, 5) is 10.6. The second-order valence-electron chi connectivity index (χ2n) is 6.57. The number of hydrogen-bond acceptors (Lipinski definition) is 2. The first-order chi connectivity index (χ1) is 11.2. The lowest BCUT2D eigenvalue weighted by Crippen LogP contribution is -2.09. The second-order valence-corrected chi connectivity index (χ2v) is 6.57. The number of ether oxygens (including phenoxy) is 1. The van der Waals surface area contributed by atoms with Gasteiger partial charge < -0.3 is 10.5 Å². The zero-order valence-electron chi connectivity index (χ0n) is 16.2. The second kappa shape index (κ2) is 23.7. The van der Waals surface area contributed by atoms with Crippen LogP contribution in [-0.4, -0.2) is 20.1 Å². The minimum absolute atomic E-state index is 0.153. The van der Waals surface area contributed by atoms with Gasteiger partial charge in [-0.25, -0.2) is 0 Å². The molecule has 0 saturated heterocycles. The maximum absolute atomic E-state index is 10.6. The van der Waals surface area contributed by atoms with Crippen molar-refractivity contribution in [1.29, 1.82) is 0 Å². The first-order valence-corrected chi connectivity index (χ1v) is 9.87. The molecule has 0 aliphatic carbocycles. The number of amides is 1. The largest absolute Gasteiger partial charge is 0.388 e. The van der Waals surface area contributed by atoms with Gasteiger partial charge >= 0.3 is 0 Å². The summed E-state index contributed by atoms with van der Waals surface area (Å²) in [6.07, 6.45) is 20.9. The highest BCUT2D eigenvalue weighted by atomic mass is 16.4. The van der Waals surface area contributed by atoms with E-state index in [0.29, 0.717) is 6.42 Å². The zero-order chi connectivity index (χ0) is 17.6. The number of rotatable bonds is 16. The van der Waals surface area contributed by atoms with E-state index in [-0.39, 0.29) is 5.91 Å². The summed E-state index contributed by atoms with van der Waals surface area (Å²) in [5.41, 5.74) is 5.11. The molecule has 0 radical (unpaired) electrons. The van der Waals surface area contributed by atoms with E-state index in [9.17, 15) is 4.79 Å². The molecule has 1 amide bonds. The van der Waals surface area contributed by atoms with Crippen LogP contribution in [-0.2, 0) is 9.53 Å². The highest BCUT2D eigenvalue weighted by Crippen LogP contribution is 2.13. The molecule has 0 fully saturated rings. The molecule has 2 N–H and O–H groups in total. The van der Waals surface area contributed by atoms with Crippen LogP contribution in [0.5, 0.6) is 0 Å². The molecule has 23 heavy (non-hydrogen) atoms. The molecule has 0 spiro atoms. The van der Waals surface area contributed by atoms with Crippen molar-refractivity contribution in [2.75, 3.05) is 14.2 Å². The molecule has 0 aromatic rings. The van der Waals surface area contributed by atoms with Gasteiger partial charge in [-0.3, -0.25) is 4.79 Å². The molecule has 0 heterocycles. The van der Waals surface area contributed by atoms with Crippen LogP contribution in [0.2, 0.25) is 0 Å². The van der Waals surface area contributed by atoms with Crippen LogP contribution < -0.4 is 5.73 Å². The number of carbonyl (C=O) groups is 1. The fourth-order valence-electron chi connectivity index (χ4n) is 2.67. The van der Waals surface area contributed by atoms with Gasteiger partial charge in [0, 0.05) is 20.6 Å². The van der Waals surface area contributed by atoms with Crippen molar-refractivity contribution in [2.45, 2.75) is 110 Å². The molecule has 0 unspecified atom stereocenters. The van der Waals surface area contributed by atoms with E-state index in [4.69, 9.17) is 5.73 Å². The third kappa shape index (κ3) is 30.0. The Bertz CT molecular complexity index is 220. The van der Waals surface area contributed by atoms with E-state index < -0.39 is 0 Å².